The molecule has 0 fully saturated rings. The fraction of sp³-hybridized carbons (Fsp3) is 0.500. The largest absolute Gasteiger partial charge is 0.494 e. The number of fused-ring (bicyclic) bond motifs is 1. The normalized spacial score (nSPS) is 13.0. The summed E-state index contributed by atoms with van der Waals surface area (Å²) in [6.45, 7) is 2.95. The number of hydrogen-bond acceptors (Lipinski definition) is 7. The number of methoxy groups -OCH3 is 2. The van der Waals surface area contributed by atoms with Gasteiger partial charge in [0.1, 0.15) is 12.1 Å². The van der Waals surface area contributed by atoms with E-state index < -0.39 is 31.2 Å². The van der Waals surface area contributed by atoms with Crippen molar-refractivity contribution in [1.82, 2.24) is 34.8 Å². The van der Waals surface area contributed by atoms with Gasteiger partial charge in [-0.15, -0.1) is 0 Å². The Bertz CT molecular complexity index is 1140. The predicted molar refractivity (Wildman–Crippen MR) is 121 cm³/mol. The maximum atomic E-state index is 13.3. The molecule has 0 aliphatic heterocycles. The maximum Gasteiger partial charge on any atom is 0.318 e. The van der Waals surface area contributed by atoms with Crippen LogP contribution in [0.3, 0.4) is 0 Å². The van der Waals surface area contributed by atoms with E-state index in [9.17, 15) is 18.0 Å². The van der Waals surface area contributed by atoms with Crippen molar-refractivity contribution in [3.05, 3.63) is 30.5 Å². The molecule has 3 aromatic rings. The van der Waals surface area contributed by atoms with Gasteiger partial charge in [-0.3, -0.25) is 9.37 Å². The molecule has 35 heavy (non-hydrogen) atoms. The molecular weight excluding hydrogens is 467 g/mol. The van der Waals surface area contributed by atoms with Crippen molar-refractivity contribution >= 4 is 11.7 Å². The van der Waals surface area contributed by atoms with E-state index in [-0.39, 0.29) is 25.3 Å². The molecule has 1 N–H and O–H groups in total. The monoisotopic (exact) mass is 495 g/mol. The van der Waals surface area contributed by atoms with Crippen molar-refractivity contribution < 1.29 is 27.4 Å². The van der Waals surface area contributed by atoms with Gasteiger partial charge in [0.05, 0.1) is 56.8 Å². The number of carbonyl (C=O) groups is 1. The number of nitrogens with one attached hydrogen (secondary N) is 1. The summed E-state index contributed by atoms with van der Waals surface area (Å²) >= 11 is 0. The number of aromatic nitrogens is 5. The van der Waals surface area contributed by atoms with Crippen molar-refractivity contribution in [1.29, 1.82) is 0 Å². The molecule has 0 radical (unpaired) electrons. The summed E-state index contributed by atoms with van der Waals surface area (Å²) < 4.78 is 51.5. The minimum atomic E-state index is -2.81. The Morgan fingerprint density at radius 1 is 1.26 bits per heavy atom. The first-order chi connectivity index (χ1) is 16.8. The number of nitrogens with zero attached hydrogens (tertiary/aromatic N) is 6. The second kappa shape index (κ2) is 11.7. The number of halogens is 3. The first-order valence-corrected chi connectivity index (χ1v) is 11.0. The summed E-state index contributed by atoms with van der Waals surface area (Å²) in [7, 11) is 2.96. The molecule has 0 aliphatic carbocycles. The van der Waals surface area contributed by atoms with E-state index in [1.807, 2.05) is 0 Å². The fourth-order valence-electron chi connectivity index (χ4n) is 3.67. The van der Waals surface area contributed by atoms with Gasteiger partial charge < -0.3 is 19.7 Å². The van der Waals surface area contributed by atoms with Gasteiger partial charge in [-0.2, -0.15) is 5.10 Å². The first kappa shape index (κ1) is 26.0. The molecule has 0 saturated carbocycles. The smallest absolute Gasteiger partial charge is 0.318 e. The summed E-state index contributed by atoms with van der Waals surface area (Å²) in [5, 5.41) is 6.46. The molecule has 3 rings (SSSR count). The Balaban J connectivity index is 1.93. The summed E-state index contributed by atoms with van der Waals surface area (Å²) in [6.07, 6.45) is 1.49. The van der Waals surface area contributed by atoms with Gasteiger partial charge in [-0.05, 0) is 32.8 Å². The molecule has 0 aromatic carbocycles. The van der Waals surface area contributed by atoms with Gasteiger partial charge in [-0.25, -0.2) is 28.1 Å². The second-order valence-corrected chi connectivity index (χ2v) is 7.66. The molecule has 0 spiro atoms. The number of carbonyl (C=O) groups excluding carboxylic acids is 1. The topological polar surface area (TPSA) is 107 Å². The highest BCUT2D eigenvalue weighted by Crippen LogP contribution is 2.33. The SMILES string of the molecule is CCN(C(=O)N[C@@H](CCCF)C(F)F)[C@H](C)c1cc(-c2cn3ncnc3c(OC)n2)c(OC)cn1. The van der Waals surface area contributed by atoms with Gasteiger partial charge >= 0.3 is 6.03 Å². The molecule has 0 aliphatic rings. The van der Waals surface area contributed by atoms with Crippen molar-refractivity contribution in [3.63, 3.8) is 0 Å². The first-order valence-electron chi connectivity index (χ1n) is 11.0. The minimum absolute atomic E-state index is 0.0626. The molecule has 0 saturated heterocycles. The lowest BCUT2D eigenvalue weighted by Crippen LogP contribution is -2.48. The van der Waals surface area contributed by atoms with Crippen LogP contribution in [-0.4, -0.2) is 75.4 Å². The number of amides is 2. The zero-order valence-electron chi connectivity index (χ0n) is 19.9. The highest BCUT2D eigenvalue weighted by atomic mass is 19.3. The second-order valence-electron chi connectivity index (χ2n) is 7.66. The highest BCUT2D eigenvalue weighted by molar-refractivity contribution is 5.75. The fourth-order valence-corrected chi connectivity index (χ4v) is 3.67. The van der Waals surface area contributed by atoms with Crippen LogP contribution in [0, 0.1) is 0 Å². The molecule has 0 bridgehead atoms. The number of hydrogen-bond donors (Lipinski definition) is 1. The van der Waals surface area contributed by atoms with E-state index in [0.29, 0.717) is 28.3 Å². The zero-order chi connectivity index (χ0) is 25.5. The van der Waals surface area contributed by atoms with Crippen LogP contribution >= 0.6 is 0 Å². The lowest BCUT2D eigenvalue weighted by Gasteiger charge is -2.30. The average Bonchev–Trinajstić information content (AvgIpc) is 3.34. The summed E-state index contributed by atoms with van der Waals surface area (Å²) in [5.41, 5.74) is 1.94. The van der Waals surface area contributed by atoms with Crippen LogP contribution < -0.4 is 14.8 Å². The Labute approximate surface area is 200 Å². The molecule has 3 aromatic heterocycles. The summed E-state index contributed by atoms with van der Waals surface area (Å²) in [5.74, 6) is 0.681. The lowest BCUT2D eigenvalue weighted by atomic mass is 10.1. The number of urea groups is 1. The average molecular weight is 496 g/mol. The molecule has 0 unspecified atom stereocenters. The summed E-state index contributed by atoms with van der Waals surface area (Å²) in [6, 6.07) is -1.00. The van der Waals surface area contributed by atoms with Gasteiger partial charge in [0.25, 0.3) is 12.3 Å². The third-order valence-corrected chi connectivity index (χ3v) is 5.57. The third-order valence-electron chi connectivity index (χ3n) is 5.57. The predicted octanol–water partition coefficient (Wildman–Crippen LogP) is 3.68. The zero-order valence-corrected chi connectivity index (χ0v) is 19.9. The van der Waals surface area contributed by atoms with E-state index >= 15 is 0 Å². The van der Waals surface area contributed by atoms with Crippen molar-refractivity contribution in [2.75, 3.05) is 27.4 Å². The van der Waals surface area contributed by atoms with Gasteiger partial charge in [0.15, 0.2) is 0 Å². The molecular formula is C22H28F3N7O3. The van der Waals surface area contributed by atoms with Crippen LogP contribution in [0.25, 0.3) is 16.9 Å². The Morgan fingerprint density at radius 3 is 2.66 bits per heavy atom. The Kier molecular flexibility index (Phi) is 8.66. The van der Waals surface area contributed by atoms with E-state index in [0.717, 1.165) is 0 Å². The lowest BCUT2D eigenvalue weighted by molar-refractivity contribution is 0.0886. The van der Waals surface area contributed by atoms with Crippen LogP contribution in [0.1, 0.15) is 38.4 Å². The van der Waals surface area contributed by atoms with Crippen molar-refractivity contribution in [2.45, 2.75) is 45.2 Å². The van der Waals surface area contributed by atoms with E-state index in [1.165, 1.54) is 36.2 Å². The molecule has 10 nitrogen and oxygen atoms in total. The van der Waals surface area contributed by atoms with Crippen LogP contribution in [-0.2, 0) is 0 Å². The van der Waals surface area contributed by atoms with Crippen molar-refractivity contribution in [2.24, 2.45) is 0 Å². The summed E-state index contributed by atoms with van der Waals surface area (Å²) in [4.78, 5) is 27.2. The minimum Gasteiger partial charge on any atom is -0.494 e. The Hall–Kier alpha value is -3.64. The van der Waals surface area contributed by atoms with E-state index in [2.05, 4.69) is 25.4 Å². The highest BCUT2D eigenvalue weighted by Gasteiger charge is 2.28. The third kappa shape index (κ3) is 5.72. The number of pyridine rings is 1. The Morgan fingerprint density at radius 2 is 2.03 bits per heavy atom. The van der Waals surface area contributed by atoms with Crippen LogP contribution in [0.15, 0.2) is 24.8 Å². The van der Waals surface area contributed by atoms with Gasteiger partial charge in [0, 0.05) is 12.1 Å². The number of alkyl halides is 3. The van der Waals surface area contributed by atoms with Crippen molar-refractivity contribution in [3.8, 4) is 22.9 Å². The van der Waals surface area contributed by atoms with Crippen LogP contribution in [0.5, 0.6) is 11.6 Å². The quantitative estimate of drug-likeness (QED) is 0.432. The number of ether oxygens (including phenoxy) is 2. The molecule has 2 amide bonds. The standard InChI is InChI=1S/C22H28F3N7O3/c1-5-31(22(33)30-15(19(24)25)7-6-8-23)13(2)16-9-14(18(34-3)10-26-16)17-11-32-20(27-12-28-32)21(29-17)35-4/h9-13,15,19H,5-8H2,1-4H3,(H,30,33)/t13-,15+/m1/s1. The van der Waals surface area contributed by atoms with Gasteiger partial charge in [-0.1, -0.05) is 0 Å². The molecule has 13 heteroatoms. The van der Waals surface area contributed by atoms with E-state index in [4.69, 9.17) is 9.47 Å². The molecule has 190 valence electrons. The van der Waals surface area contributed by atoms with Crippen LogP contribution in [0.4, 0.5) is 18.0 Å². The van der Waals surface area contributed by atoms with Gasteiger partial charge in [0.2, 0.25) is 5.65 Å². The van der Waals surface area contributed by atoms with Crippen LogP contribution in [0.2, 0.25) is 0 Å². The van der Waals surface area contributed by atoms with E-state index in [1.54, 1.807) is 26.1 Å². The molecule has 2 atom stereocenters. The maximum absolute atomic E-state index is 13.3. The molecule has 3 heterocycles. The number of rotatable bonds is 11.